The number of amides is 1. The van der Waals surface area contributed by atoms with Gasteiger partial charge in [0, 0.05) is 16.1 Å². The predicted molar refractivity (Wildman–Crippen MR) is 134 cm³/mol. The van der Waals surface area contributed by atoms with Crippen molar-refractivity contribution < 1.29 is 27.6 Å². The van der Waals surface area contributed by atoms with Gasteiger partial charge in [0.15, 0.2) is 5.75 Å². The number of ether oxygens (including phenoxy) is 1. The Hall–Kier alpha value is -2.11. The second kappa shape index (κ2) is 10.0. The first-order valence-electron chi connectivity index (χ1n) is 9.46. The highest BCUT2D eigenvalue weighted by Gasteiger charge is 2.29. The number of rotatable bonds is 6. The first kappa shape index (κ1) is 25.5. The molecule has 0 aliphatic heterocycles. The van der Waals surface area contributed by atoms with Gasteiger partial charge in [-0.25, -0.2) is 0 Å². The Morgan fingerprint density at radius 1 is 1.03 bits per heavy atom. The van der Waals surface area contributed by atoms with Crippen molar-refractivity contribution in [2.75, 3.05) is 4.31 Å². The monoisotopic (exact) mass is 617 g/mol. The molecule has 0 radical (unpaired) electrons. The average molecular weight is 620 g/mol. The van der Waals surface area contributed by atoms with Gasteiger partial charge >= 0.3 is 10.3 Å². The molecule has 33 heavy (non-hydrogen) atoms. The van der Waals surface area contributed by atoms with Crippen molar-refractivity contribution in [3.8, 4) is 17.2 Å². The van der Waals surface area contributed by atoms with E-state index in [0.29, 0.717) is 31.0 Å². The lowest BCUT2D eigenvalue weighted by Crippen LogP contribution is -2.36. The second-order valence-corrected chi connectivity index (χ2v) is 10.7. The van der Waals surface area contributed by atoms with Crippen molar-refractivity contribution in [3.63, 3.8) is 0 Å². The molecule has 3 aromatic carbocycles. The molecular weight excluding hydrogens is 602 g/mol. The zero-order chi connectivity index (χ0) is 24.5. The molecule has 0 atom stereocenters. The Labute approximate surface area is 213 Å². The van der Waals surface area contributed by atoms with Crippen LogP contribution in [0.4, 0.5) is 5.69 Å². The Balaban J connectivity index is 1.98. The highest BCUT2D eigenvalue weighted by Crippen LogP contribution is 2.40. The molecular formula is C22H18Br2ClNO6S. The molecule has 0 bridgehead atoms. The molecule has 7 nitrogen and oxygen atoms in total. The van der Waals surface area contributed by atoms with Gasteiger partial charge in [0.1, 0.15) is 11.5 Å². The molecule has 11 heteroatoms. The highest BCUT2D eigenvalue weighted by atomic mass is 79.9. The fraction of sp³-hybridized carbons (Fsp3) is 0.136. The summed E-state index contributed by atoms with van der Waals surface area (Å²) >= 11 is 12.5. The summed E-state index contributed by atoms with van der Waals surface area (Å²) in [6.07, 6.45) is 0. The van der Waals surface area contributed by atoms with E-state index in [1.807, 2.05) is 13.8 Å². The molecule has 0 spiro atoms. The highest BCUT2D eigenvalue weighted by molar-refractivity contribution is 9.11. The van der Waals surface area contributed by atoms with Crippen molar-refractivity contribution in [3.05, 3.63) is 79.7 Å². The van der Waals surface area contributed by atoms with Crippen LogP contribution in [0.1, 0.15) is 35.7 Å². The average Bonchev–Trinajstić information content (AvgIpc) is 2.72. The van der Waals surface area contributed by atoms with Gasteiger partial charge in [-0.15, -0.1) is 0 Å². The molecule has 0 aromatic heterocycles. The topological polar surface area (TPSA) is 104 Å². The second-order valence-electron chi connectivity index (χ2n) is 7.27. The van der Waals surface area contributed by atoms with E-state index in [0.717, 1.165) is 0 Å². The van der Waals surface area contributed by atoms with Crippen LogP contribution in [0.3, 0.4) is 0 Å². The van der Waals surface area contributed by atoms with Gasteiger partial charge in [-0.1, -0.05) is 25.4 Å². The molecule has 3 rings (SSSR count). The predicted octanol–water partition coefficient (Wildman–Crippen LogP) is 6.94. The number of nitrogens with zero attached hydrogens (tertiary/aromatic N) is 1. The third-order valence-corrected chi connectivity index (χ3v) is 6.83. The lowest BCUT2D eigenvalue weighted by Gasteiger charge is -2.20. The largest absolute Gasteiger partial charge is 0.508 e. The molecule has 0 fully saturated rings. The van der Waals surface area contributed by atoms with Crippen LogP contribution in [0.2, 0.25) is 5.02 Å². The number of hydrogen-bond acceptors (Lipinski definition) is 5. The van der Waals surface area contributed by atoms with E-state index in [9.17, 15) is 22.9 Å². The van der Waals surface area contributed by atoms with E-state index < -0.39 is 16.2 Å². The van der Waals surface area contributed by atoms with Crippen molar-refractivity contribution >= 4 is 65.4 Å². The van der Waals surface area contributed by atoms with Crippen molar-refractivity contribution in [2.45, 2.75) is 19.8 Å². The van der Waals surface area contributed by atoms with E-state index in [1.165, 1.54) is 42.5 Å². The summed E-state index contributed by atoms with van der Waals surface area (Å²) in [5.74, 6) is 0.0256. The SMILES string of the molecule is CC(C)c1cc(Oc2c(Br)cc(C(=O)N(c3ccc(Cl)cc3)S(=O)(=O)O)cc2Br)ccc1O. The summed E-state index contributed by atoms with van der Waals surface area (Å²) in [7, 11) is -4.92. The third-order valence-electron chi connectivity index (χ3n) is 4.56. The number of phenols is 1. The first-order chi connectivity index (χ1) is 15.4. The zero-order valence-corrected chi connectivity index (χ0v) is 22.0. The Bertz CT molecular complexity index is 1290. The van der Waals surface area contributed by atoms with Crippen molar-refractivity contribution in [2.24, 2.45) is 0 Å². The molecule has 2 N–H and O–H groups in total. The minimum absolute atomic E-state index is 0.0396. The fourth-order valence-corrected chi connectivity index (χ4v) is 5.18. The fourth-order valence-electron chi connectivity index (χ4n) is 3.01. The van der Waals surface area contributed by atoms with Crippen LogP contribution in [-0.4, -0.2) is 24.0 Å². The summed E-state index contributed by atoms with van der Waals surface area (Å²) in [5, 5.41) is 10.3. The molecule has 0 saturated carbocycles. The molecule has 0 saturated heterocycles. The Morgan fingerprint density at radius 2 is 1.61 bits per heavy atom. The number of halogens is 3. The van der Waals surface area contributed by atoms with E-state index >= 15 is 0 Å². The molecule has 0 aliphatic rings. The van der Waals surface area contributed by atoms with E-state index in [-0.39, 0.29) is 27.2 Å². The van der Waals surface area contributed by atoms with Crippen LogP contribution < -0.4 is 9.04 Å². The lowest BCUT2D eigenvalue weighted by atomic mass is 10.0. The van der Waals surface area contributed by atoms with Gasteiger partial charge < -0.3 is 9.84 Å². The number of benzene rings is 3. The maximum absolute atomic E-state index is 13.1. The van der Waals surface area contributed by atoms with Crippen LogP contribution in [0.25, 0.3) is 0 Å². The summed E-state index contributed by atoms with van der Waals surface area (Å²) in [5.41, 5.74) is 0.588. The van der Waals surface area contributed by atoms with Crippen LogP contribution in [0.5, 0.6) is 17.2 Å². The quantitative estimate of drug-likeness (QED) is 0.290. The van der Waals surface area contributed by atoms with Crippen LogP contribution in [-0.2, 0) is 10.3 Å². The van der Waals surface area contributed by atoms with E-state index in [1.54, 1.807) is 12.1 Å². The van der Waals surface area contributed by atoms with Gasteiger partial charge in [0.2, 0.25) is 0 Å². The number of aromatic hydroxyl groups is 1. The first-order valence-corrected chi connectivity index (χ1v) is 12.8. The summed E-state index contributed by atoms with van der Waals surface area (Å²) in [4.78, 5) is 13.1. The summed E-state index contributed by atoms with van der Waals surface area (Å²) < 4.78 is 40.6. The minimum Gasteiger partial charge on any atom is -0.508 e. The van der Waals surface area contributed by atoms with Gasteiger partial charge in [0.05, 0.1) is 14.6 Å². The zero-order valence-electron chi connectivity index (χ0n) is 17.3. The van der Waals surface area contributed by atoms with Crippen molar-refractivity contribution in [1.29, 1.82) is 0 Å². The molecule has 0 aliphatic carbocycles. The Morgan fingerprint density at radius 3 is 2.12 bits per heavy atom. The standard InChI is InChI=1S/C22H18Br2ClNO6S/c1-12(2)17-11-16(7-8-20(17)27)32-21-18(23)9-13(10-19(21)24)22(28)26(33(29,30)31)15-5-3-14(25)4-6-15/h3-12,27H,1-2H3,(H,29,30,31). The maximum atomic E-state index is 13.1. The lowest BCUT2D eigenvalue weighted by molar-refractivity contribution is 0.100. The third kappa shape index (κ3) is 5.88. The molecule has 1 amide bonds. The molecule has 0 unspecified atom stereocenters. The van der Waals surface area contributed by atoms with Crippen LogP contribution in [0, 0.1) is 0 Å². The maximum Gasteiger partial charge on any atom is 0.366 e. The van der Waals surface area contributed by atoms with E-state index in [4.69, 9.17) is 16.3 Å². The van der Waals surface area contributed by atoms with Gasteiger partial charge in [-0.2, -0.15) is 12.7 Å². The molecule has 0 heterocycles. The normalized spacial score (nSPS) is 11.5. The summed E-state index contributed by atoms with van der Waals surface area (Å²) in [6, 6.07) is 13.0. The van der Waals surface area contributed by atoms with Crippen LogP contribution in [0.15, 0.2) is 63.5 Å². The van der Waals surface area contributed by atoms with Crippen molar-refractivity contribution in [1.82, 2.24) is 0 Å². The van der Waals surface area contributed by atoms with Gasteiger partial charge in [-0.05, 0) is 92.4 Å². The van der Waals surface area contributed by atoms with Gasteiger partial charge in [0.25, 0.3) is 5.91 Å². The minimum atomic E-state index is -4.92. The number of phenolic OH excluding ortho intramolecular Hbond substituents is 1. The molecule has 174 valence electrons. The number of anilines is 1. The molecule has 3 aromatic rings. The summed E-state index contributed by atoms with van der Waals surface area (Å²) in [6.45, 7) is 3.87. The number of carbonyl (C=O) groups excluding carboxylic acids is 1. The van der Waals surface area contributed by atoms with Gasteiger partial charge in [-0.3, -0.25) is 9.35 Å². The number of hydrogen-bond donors (Lipinski definition) is 2. The van der Waals surface area contributed by atoms with E-state index in [2.05, 4.69) is 31.9 Å². The smallest absolute Gasteiger partial charge is 0.366 e. The number of carbonyl (C=O) groups is 1. The Kier molecular flexibility index (Phi) is 7.75. The van der Waals surface area contributed by atoms with Crippen LogP contribution >= 0.6 is 43.5 Å².